The molecule has 1 aliphatic rings. The van der Waals surface area contributed by atoms with E-state index < -0.39 is 41.7 Å². The van der Waals surface area contributed by atoms with Crippen LogP contribution in [0.25, 0.3) is 0 Å². The zero-order valence-electron chi connectivity index (χ0n) is 10.9. The van der Waals surface area contributed by atoms with Gasteiger partial charge in [-0.25, -0.2) is 4.39 Å². The molecule has 1 aliphatic carbocycles. The van der Waals surface area contributed by atoms with Gasteiger partial charge >= 0.3 is 81.0 Å². The number of hydrogen-bond donors (Lipinski definition) is 0. The molecule has 0 aliphatic heterocycles. The van der Waals surface area contributed by atoms with Crippen molar-refractivity contribution in [2.45, 2.75) is 48.6 Å². The molecule has 0 heterocycles. The molecule has 0 amide bonds. The van der Waals surface area contributed by atoms with E-state index in [0.29, 0.717) is 0 Å². The molecule has 0 nitrogen and oxygen atoms in total. The minimum Gasteiger partial charge on any atom is -1.00 e. The van der Waals surface area contributed by atoms with Crippen molar-refractivity contribution in [2.24, 2.45) is 0 Å². The van der Waals surface area contributed by atoms with Crippen LogP contribution in [-0.4, -0.2) is 35.3 Å². The summed E-state index contributed by atoms with van der Waals surface area (Å²) in [5, 5.41) is 0. The van der Waals surface area contributed by atoms with Gasteiger partial charge in [-0.3, -0.25) is 0 Å². The third-order valence-corrected chi connectivity index (χ3v) is 3.06. The molecule has 1 fully saturated rings. The van der Waals surface area contributed by atoms with Gasteiger partial charge in [-0.1, -0.05) is 6.92 Å². The second-order valence-corrected chi connectivity index (χ2v) is 4.03. The quantitative estimate of drug-likeness (QED) is 0.496. The Hall–Kier alpha value is 0.866. The molecule has 1 saturated carbocycles. The van der Waals surface area contributed by atoms with E-state index in [0.717, 1.165) is 0 Å². The standard InChI is InChI=1S/C8H5F11.K.H/c1-2-3(9)4(10,11)6(14,15)8(18,19)7(16,17)5(3,12)13;;/h2H2,1H3;;/q;+1;-1. The SMILES string of the molecule is CCC1(F)C(F)(F)C(F)(F)C(F)(F)C(F)(F)C1(F)F.[H-].[K+]. The Morgan fingerprint density at radius 3 is 0.950 bits per heavy atom. The van der Waals surface area contributed by atoms with Crippen molar-refractivity contribution in [3.05, 3.63) is 0 Å². The molecule has 0 bridgehead atoms. The molecular formula is C8H6F11K. The zero-order valence-corrected chi connectivity index (χ0v) is 13.0. The first-order valence-corrected chi connectivity index (χ1v) is 4.64. The first-order valence-electron chi connectivity index (χ1n) is 4.64. The smallest absolute Gasteiger partial charge is 1.00 e. The van der Waals surface area contributed by atoms with E-state index in [-0.39, 0.29) is 59.7 Å². The van der Waals surface area contributed by atoms with Gasteiger partial charge in [0.15, 0.2) is 0 Å². The topological polar surface area (TPSA) is 0 Å². The van der Waals surface area contributed by atoms with Crippen LogP contribution in [0.1, 0.15) is 14.8 Å². The van der Waals surface area contributed by atoms with E-state index >= 15 is 0 Å². The Balaban J connectivity index is 0. The summed E-state index contributed by atoms with van der Waals surface area (Å²) in [5.41, 5.74) is -5.81. The summed E-state index contributed by atoms with van der Waals surface area (Å²) in [6.45, 7) is 0.136. The van der Waals surface area contributed by atoms with Gasteiger partial charge < -0.3 is 1.43 Å². The fraction of sp³-hybridized carbons (Fsp3) is 1.00. The van der Waals surface area contributed by atoms with Crippen molar-refractivity contribution in [3.8, 4) is 0 Å². The molecule has 1 rings (SSSR count). The summed E-state index contributed by atoms with van der Waals surface area (Å²) >= 11 is 0. The van der Waals surface area contributed by atoms with Gasteiger partial charge in [0.2, 0.25) is 5.67 Å². The maximum absolute atomic E-state index is 13.4. The Labute approximate surface area is 149 Å². The molecule has 0 aromatic heterocycles. The van der Waals surface area contributed by atoms with Crippen molar-refractivity contribution < 1.29 is 101 Å². The second kappa shape index (κ2) is 4.93. The van der Waals surface area contributed by atoms with Crippen LogP contribution in [0, 0.1) is 0 Å². The van der Waals surface area contributed by atoms with E-state index in [1.165, 1.54) is 0 Å². The van der Waals surface area contributed by atoms with Gasteiger partial charge in [0.05, 0.1) is 0 Å². The van der Waals surface area contributed by atoms with Crippen molar-refractivity contribution in [1.82, 2.24) is 0 Å². The third kappa shape index (κ3) is 1.80. The predicted octanol–water partition coefficient (Wildman–Crippen LogP) is 1.41. The van der Waals surface area contributed by atoms with Crippen LogP contribution in [-0.2, 0) is 0 Å². The van der Waals surface area contributed by atoms with Gasteiger partial charge in [0, 0.05) is 0 Å². The number of halogens is 11. The fourth-order valence-corrected chi connectivity index (χ4v) is 1.73. The molecule has 116 valence electrons. The first-order chi connectivity index (χ1) is 8.06. The Morgan fingerprint density at radius 1 is 0.550 bits per heavy atom. The van der Waals surface area contributed by atoms with E-state index in [4.69, 9.17) is 0 Å². The molecule has 0 saturated heterocycles. The van der Waals surface area contributed by atoms with Gasteiger partial charge in [-0.05, 0) is 6.42 Å². The summed E-state index contributed by atoms with van der Waals surface area (Å²) in [6.07, 6.45) is -2.21. The summed E-state index contributed by atoms with van der Waals surface area (Å²) in [5.74, 6) is -34.4. The maximum atomic E-state index is 13.4. The average Bonchev–Trinajstić information content (AvgIpc) is 2.24. The molecule has 0 aromatic rings. The van der Waals surface area contributed by atoms with Crippen LogP contribution < -0.4 is 51.4 Å². The number of rotatable bonds is 1. The van der Waals surface area contributed by atoms with Crippen LogP contribution in [0.2, 0.25) is 0 Å². The Kier molecular flexibility index (Phi) is 5.15. The fourth-order valence-electron chi connectivity index (χ4n) is 1.73. The van der Waals surface area contributed by atoms with E-state index in [1.807, 2.05) is 0 Å². The van der Waals surface area contributed by atoms with Gasteiger partial charge in [0.1, 0.15) is 0 Å². The van der Waals surface area contributed by atoms with Gasteiger partial charge in [0.25, 0.3) is 0 Å². The average molecular weight is 350 g/mol. The second-order valence-electron chi connectivity index (χ2n) is 4.03. The minimum atomic E-state index is -7.11. The van der Waals surface area contributed by atoms with E-state index in [9.17, 15) is 48.3 Å². The molecule has 0 atom stereocenters. The molecule has 0 radical (unpaired) electrons. The van der Waals surface area contributed by atoms with Crippen LogP contribution >= 0.6 is 0 Å². The van der Waals surface area contributed by atoms with Gasteiger partial charge in [-0.2, -0.15) is 43.9 Å². The predicted molar refractivity (Wildman–Crippen MR) is 40.0 cm³/mol. The number of hydrogen-bond acceptors (Lipinski definition) is 0. The molecule has 12 heteroatoms. The van der Waals surface area contributed by atoms with Crippen LogP contribution in [0.4, 0.5) is 48.3 Å². The van der Waals surface area contributed by atoms with Crippen LogP contribution in [0.15, 0.2) is 0 Å². The summed E-state index contributed by atoms with van der Waals surface area (Å²) in [7, 11) is 0. The maximum Gasteiger partial charge on any atom is 1.00 e. The van der Waals surface area contributed by atoms with Crippen molar-refractivity contribution >= 4 is 0 Å². The van der Waals surface area contributed by atoms with Crippen molar-refractivity contribution in [2.75, 3.05) is 0 Å². The van der Waals surface area contributed by atoms with Crippen LogP contribution in [0.5, 0.6) is 0 Å². The van der Waals surface area contributed by atoms with Gasteiger partial charge in [-0.15, -0.1) is 0 Å². The molecule has 0 N–H and O–H groups in total. The molecular weight excluding hydrogens is 344 g/mol. The van der Waals surface area contributed by atoms with Crippen molar-refractivity contribution in [3.63, 3.8) is 0 Å². The molecule has 0 aromatic carbocycles. The number of alkyl halides is 11. The molecule has 0 spiro atoms. The minimum absolute atomic E-state index is 0. The Bertz CT molecular complexity index is 364. The summed E-state index contributed by atoms with van der Waals surface area (Å²) in [4.78, 5) is 0. The molecule has 0 unspecified atom stereocenters. The Morgan fingerprint density at radius 2 is 0.750 bits per heavy atom. The van der Waals surface area contributed by atoms with Crippen LogP contribution in [0.3, 0.4) is 0 Å². The van der Waals surface area contributed by atoms with Crippen molar-refractivity contribution in [1.29, 1.82) is 0 Å². The normalized spacial score (nSPS) is 31.2. The third-order valence-electron chi connectivity index (χ3n) is 3.06. The summed E-state index contributed by atoms with van der Waals surface area (Å²) < 4.78 is 141. The van der Waals surface area contributed by atoms with E-state index in [1.54, 1.807) is 0 Å². The largest absolute Gasteiger partial charge is 1.00 e. The monoisotopic (exact) mass is 350 g/mol. The summed E-state index contributed by atoms with van der Waals surface area (Å²) in [6, 6.07) is 0. The van der Waals surface area contributed by atoms with E-state index in [2.05, 4.69) is 0 Å². The first kappa shape index (κ1) is 20.9. The molecule has 20 heavy (non-hydrogen) atoms. The zero-order chi connectivity index (χ0) is 15.7.